The SMILES string of the molecule is C=C(NC(C)CC)c1cccc(C(C)=S)c1C. The molecule has 0 fully saturated rings. The summed E-state index contributed by atoms with van der Waals surface area (Å²) >= 11 is 5.26. The predicted octanol–water partition coefficient (Wildman–Crippen LogP) is 4.09. The van der Waals surface area contributed by atoms with Crippen molar-refractivity contribution in [2.45, 2.75) is 40.2 Å². The molecule has 0 aromatic heterocycles. The molecule has 0 radical (unpaired) electrons. The third kappa shape index (κ3) is 3.40. The first-order chi connectivity index (χ1) is 7.97. The summed E-state index contributed by atoms with van der Waals surface area (Å²) in [4.78, 5) is 0.931. The van der Waals surface area contributed by atoms with Crippen LogP contribution in [-0.2, 0) is 0 Å². The van der Waals surface area contributed by atoms with Crippen molar-refractivity contribution in [1.82, 2.24) is 5.32 Å². The molecule has 0 aliphatic carbocycles. The molecule has 1 nitrogen and oxygen atoms in total. The Labute approximate surface area is 110 Å². The van der Waals surface area contributed by atoms with Crippen molar-refractivity contribution >= 4 is 22.8 Å². The molecule has 0 aliphatic heterocycles. The molecule has 1 unspecified atom stereocenters. The fraction of sp³-hybridized carbons (Fsp3) is 0.400. The normalized spacial score (nSPS) is 12.0. The molecule has 1 atom stereocenters. The summed E-state index contributed by atoms with van der Waals surface area (Å²) in [6.07, 6.45) is 1.09. The maximum Gasteiger partial charge on any atom is 0.0345 e. The van der Waals surface area contributed by atoms with Crippen LogP contribution in [0.3, 0.4) is 0 Å². The molecular weight excluding hydrogens is 226 g/mol. The van der Waals surface area contributed by atoms with Crippen LogP contribution in [0.5, 0.6) is 0 Å². The van der Waals surface area contributed by atoms with Gasteiger partial charge in [0.2, 0.25) is 0 Å². The summed E-state index contributed by atoms with van der Waals surface area (Å²) in [6.45, 7) is 12.5. The van der Waals surface area contributed by atoms with Crippen LogP contribution in [0.25, 0.3) is 5.70 Å². The van der Waals surface area contributed by atoms with Gasteiger partial charge in [-0.2, -0.15) is 0 Å². The highest BCUT2D eigenvalue weighted by molar-refractivity contribution is 7.80. The summed E-state index contributed by atoms with van der Waals surface area (Å²) in [5.41, 5.74) is 4.49. The van der Waals surface area contributed by atoms with E-state index in [0.717, 1.165) is 28.1 Å². The molecule has 1 rings (SSSR count). The summed E-state index contributed by atoms with van der Waals surface area (Å²) in [7, 11) is 0. The number of thiocarbonyl (C=S) groups is 1. The molecule has 1 aromatic carbocycles. The molecule has 0 heterocycles. The van der Waals surface area contributed by atoms with E-state index in [1.54, 1.807) is 0 Å². The standard InChI is InChI=1S/C15H21NS/c1-6-10(2)16-12(4)14-8-7-9-15(11(14)3)13(5)17/h7-10,16H,4,6H2,1-3,5H3. The van der Waals surface area contributed by atoms with Crippen LogP contribution in [0, 0.1) is 6.92 Å². The molecule has 0 spiro atoms. The molecule has 0 saturated heterocycles. The van der Waals surface area contributed by atoms with Gasteiger partial charge in [-0.3, -0.25) is 0 Å². The number of nitrogens with one attached hydrogen (secondary N) is 1. The Hall–Kier alpha value is -1.15. The highest BCUT2D eigenvalue weighted by Crippen LogP contribution is 2.20. The van der Waals surface area contributed by atoms with Gasteiger partial charge >= 0.3 is 0 Å². The predicted molar refractivity (Wildman–Crippen MR) is 80.5 cm³/mol. The molecule has 0 aliphatic rings. The van der Waals surface area contributed by atoms with Gasteiger partial charge in [0, 0.05) is 22.2 Å². The van der Waals surface area contributed by atoms with Gasteiger partial charge in [-0.1, -0.05) is 43.9 Å². The van der Waals surface area contributed by atoms with Crippen LogP contribution in [0.15, 0.2) is 24.8 Å². The van der Waals surface area contributed by atoms with Crippen LogP contribution in [0.4, 0.5) is 0 Å². The molecular formula is C15H21NS. The summed E-state index contributed by atoms with van der Waals surface area (Å²) in [5.74, 6) is 0. The molecule has 2 heteroatoms. The lowest BCUT2D eigenvalue weighted by molar-refractivity contribution is 0.630. The van der Waals surface area contributed by atoms with E-state index < -0.39 is 0 Å². The zero-order valence-electron chi connectivity index (χ0n) is 11.1. The fourth-order valence-corrected chi connectivity index (χ4v) is 2.04. The Morgan fingerprint density at radius 3 is 2.53 bits per heavy atom. The summed E-state index contributed by atoms with van der Waals surface area (Å²) in [6, 6.07) is 6.64. The van der Waals surface area contributed by atoms with Gasteiger partial charge in [-0.05, 0) is 38.3 Å². The van der Waals surface area contributed by atoms with Gasteiger partial charge in [-0.25, -0.2) is 0 Å². The van der Waals surface area contributed by atoms with Crippen molar-refractivity contribution in [3.05, 3.63) is 41.5 Å². The van der Waals surface area contributed by atoms with Crippen molar-refractivity contribution in [2.75, 3.05) is 0 Å². The minimum absolute atomic E-state index is 0.444. The lowest BCUT2D eigenvalue weighted by atomic mass is 9.98. The Morgan fingerprint density at radius 1 is 1.41 bits per heavy atom. The fourth-order valence-electron chi connectivity index (χ4n) is 1.82. The van der Waals surface area contributed by atoms with E-state index >= 15 is 0 Å². The van der Waals surface area contributed by atoms with E-state index in [4.69, 9.17) is 12.2 Å². The van der Waals surface area contributed by atoms with E-state index in [1.165, 1.54) is 5.56 Å². The van der Waals surface area contributed by atoms with Crippen LogP contribution in [0.2, 0.25) is 0 Å². The Bertz CT molecular complexity index is 435. The average Bonchev–Trinajstić information content (AvgIpc) is 2.28. The molecule has 0 bridgehead atoms. The average molecular weight is 247 g/mol. The van der Waals surface area contributed by atoms with Crippen LogP contribution < -0.4 is 5.32 Å². The first-order valence-electron chi connectivity index (χ1n) is 6.03. The van der Waals surface area contributed by atoms with Crippen molar-refractivity contribution in [3.63, 3.8) is 0 Å². The second-order valence-corrected chi connectivity index (χ2v) is 5.08. The van der Waals surface area contributed by atoms with Crippen LogP contribution in [0.1, 0.15) is 43.9 Å². The van der Waals surface area contributed by atoms with Crippen LogP contribution in [-0.4, -0.2) is 10.9 Å². The smallest absolute Gasteiger partial charge is 0.0345 e. The minimum atomic E-state index is 0.444. The largest absolute Gasteiger partial charge is 0.383 e. The van der Waals surface area contributed by atoms with Gasteiger partial charge in [-0.15, -0.1) is 0 Å². The van der Waals surface area contributed by atoms with Gasteiger partial charge < -0.3 is 5.32 Å². The minimum Gasteiger partial charge on any atom is -0.383 e. The van der Waals surface area contributed by atoms with Gasteiger partial charge in [0.05, 0.1) is 0 Å². The third-order valence-electron chi connectivity index (χ3n) is 3.07. The zero-order valence-corrected chi connectivity index (χ0v) is 11.9. The highest BCUT2D eigenvalue weighted by atomic mass is 32.1. The highest BCUT2D eigenvalue weighted by Gasteiger charge is 2.09. The van der Waals surface area contributed by atoms with E-state index in [-0.39, 0.29) is 0 Å². The van der Waals surface area contributed by atoms with E-state index in [2.05, 4.69) is 44.8 Å². The van der Waals surface area contributed by atoms with Crippen molar-refractivity contribution < 1.29 is 0 Å². The van der Waals surface area contributed by atoms with E-state index in [9.17, 15) is 0 Å². The van der Waals surface area contributed by atoms with Crippen molar-refractivity contribution in [1.29, 1.82) is 0 Å². The number of benzene rings is 1. The van der Waals surface area contributed by atoms with Crippen LogP contribution >= 0.6 is 12.2 Å². The van der Waals surface area contributed by atoms with Gasteiger partial charge in [0.25, 0.3) is 0 Å². The summed E-state index contributed by atoms with van der Waals surface area (Å²) < 4.78 is 0. The zero-order chi connectivity index (χ0) is 13.0. The number of rotatable bonds is 5. The van der Waals surface area contributed by atoms with Gasteiger partial charge in [0.15, 0.2) is 0 Å². The molecule has 17 heavy (non-hydrogen) atoms. The first-order valence-corrected chi connectivity index (χ1v) is 6.44. The second-order valence-electron chi connectivity index (χ2n) is 4.47. The summed E-state index contributed by atoms with van der Waals surface area (Å²) in [5, 5.41) is 3.42. The molecule has 0 amide bonds. The first kappa shape index (κ1) is 13.9. The molecule has 92 valence electrons. The second kappa shape index (κ2) is 5.97. The Kier molecular flexibility index (Phi) is 4.88. The van der Waals surface area contributed by atoms with Gasteiger partial charge in [0.1, 0.15) is 0 Å². The topological polar surface area (TPSA) is 12.0 Å². The Balaban J connectivity index is 3.02. The molecule has 1 aromatic rings. The maximum atomic E-state index is 5.26. The van der Waals surface area contributed by atoms with Crippen molar-refractivity contribution in [3.8, 4) is 0 Å². The van der Waals surface area contributed by atoms with E-state index in [1.807, 2.05) is 13.0 Å². The quantitative estimate of drug-likeness (QED) is 0.621. The number of hydrogen-bond acceptors (Lipinski definition) is 2. The Morgan fingerprint density at radius 2 is 2.00 bits per heavy atom. The maximum absolute atomic E-state index is 5.26. The molecule has 1 N–H and O–H groups in total. The number of hydrogen-bond donors (Lipinski definition) is 1. The molecule has 0 saturated carbocycles. The third-order valence-corrected chi connectivity index (χ3v) is 3.29. The van der Waals surface area contributed by atoms with E-state index in [0.29, 0.717) is 6.04 Å². The lowest BCUT2D eigenvalue weighted by Crippen LogP contribution is -2.23. The van der Waals surface area contributed by atoms with Crippen molar-refractivity contribution in [2.24, 2.45) is 0 Å². The lowest BCUT2D eigenvalue weighted by Gasteiger charge is -2.18. The monoisotopic (exact) mass is 247 g/mol.